The smallest absolute Gasteiger partial charge is 0.326 e. The zero-order valence-corrected chi connectivity index (χ0v) is 10.7. The summed E-state index contributed by atoms with van der Waals surface area (Å²) in [6.45, 7) is 2.63. The van der Waals surface area contributed by atoms with E-state index in [1.807, 2.05) is 31.2 Å². The molecule has 1 aliphatic heterocycles. The van der Waals surface area contributed by atoms with Crippen molar-refractivity contribution in [2.75, 3.05) is 11.4 Å². The van der Waals surface area contributed by atoms with E-state index in [-0.39, 0.29) is 0 Å². The highest BCUT2D eigenvalue weighted by Crippen LogP contribution is 2.25. The normalized spacial score (nSPS) is 19.0. The van der Waals surface area contributed by atoms with Gasteiger partial charge in [-0.05, 0) is 25.8 Å². The van der Waals surface area contributed by atoms with Gasteiger partial charge in [0.2, 0.25) is 5.95 Å². The second-order valence-corrected chi connectivity index (χ2v) is 4.82. The summed E-state index contributed by atoms with van der Waals surface area (Å²) < 4.78 is 0. The SMILES string of the molecule is Cc1nc(N2CCC[C@H]2C(=O)O)nc2ccccc12. The molecule has 2 heterocycles. The van der Waals surface area contributed by atoms with E-state index in [4.69, 9.17) is 0 Å². The second kappa shape index (κ2) is 4.50. The first-order valence-corrected chi connectivity index (χ1v) is 6.39. The van der Waals surface area contributed by atoms with Crippen LogP contribution in [0.5, 0.6) is 0 Å². The fraction of sp³-hybridized carbons (Fsp3) is 0.357. The van der Waals surface area contributed by atoms with Crippen LogP contribution < -0.4 is 4.90 Å². The Kier molecular flexibility index (Phi) is 2.81. The Labute approximate surface area is 110 Å². The number of fused-ring (bicyclic) bond motifs is 1. The fourth-order valence-electron chi connectivity index (χ4n) is 2.61. The first kappa shape index (κ1) is 11.9. The van der Waals surface area contributed by atoms with Crippen molar-refractivity contribution < 1.29 is 9.90 Å². The maximum atomic E-state index is 11.2. The first-order valence-electron chi connectivity index (χ1n) is 6.39. The summed E-state index contributed by atoms with van der Waals surface area (Å²) in [5.74, 6) is -0.270. The summed E-state index contributed by atoms with van der Waals surface area (Å²) in [6, 6.07) is 7.29. The van der Waals surface area contributed by atoms with Gasteiger partial charge < -0.3 is 10.0 Å². The van der Waals surface area contributed by atoms with Crippen molar-refractivity contribution in [1.82, 2.24) is 9.97 Å². The molecule has 0 unspecified atom stereocenters. The van der Waals surface area contributed by atoms with Crippen LogP contribution in [0.1, 0.15) is 18.5 Å². The molecule has 0 bridgehead atoms. The lowest BCUT2D eigenvalue weighted by Gasteiger charge is -2.21. The number of aliphatic carboxylic acids is 1. The highest BCUT2D eigenvalue weighted by Gasteiger charge is 2.32. The Morgan fingerprint density at radius 3 is 2.95 bits per heavy atom. The second-order valence-electron chi connectivity index (χ2n) is 4.82. The van der Waals surface area contributed by atoms with Gasteiger partial charge in [-0.3, -0.25) is 0 Å². The molecule has 1 atom stereocenters. The Morgan fingerprint density at radius 2 is 2.16 bits per heavy atom. The molecule has 0 aliphatic carbocycles. The predicted octanol–water partition coefficient (Wildman–Crippen LogP) is 1.99. The molecule has 1 aromatic carbocycles. The van der Waals surface area contributed by atoms with E-state index < -0.39 is 12.0 Å². The molecule has 5 heteroatoms. The van der Waals surface area contributed by atoms with Crippen LogP contribution in [0.25, 0.3) is 10.9 Å². The van der Waals surface area contributed by atoms with Crippen molar-refractivity contribution >= 4 is 22.8 Å². The standard InChI is InChI=1S/C14H15N3O2/c1-9-10-5-2-3-6-11(10)16-14(15-9)17-8-4-7-12(17)13(18)19/h2-3,5-6,12H,4,7-8H2,1H3,(H,18,19)/t12-/m0/s1. The lowest BCUT2D eigenvalue weighted by Crippen LogP contribution is -2.37. The highest BCUT2D eigenvalue weighted by atomic mass is 16.4. The monoisotopic (exact) mass is 257 g/mol. The van der Waals surface area contributed by atoms with Crippen molar-refractivity contribution in [2.24, 2.45) is 0 Å². The number of hydrogen-bond acceptors (Lipinski definition) is 4. The minimum Gasteiger partial charge on any atom is -0.480 e. The van der Waals surface area contributed by atoms with Gasteiger partial charge in [-0.1, -0.05) is 18.2 Å². The number of rotatable bonds is 2. The number of carboxylic acids is 1. The lowest BCUT2D eigenvalue weighted by molar-refractivity contribution is -0.138. The molecule has 0 spiro atoms. The molecule has 5 nitrogen and oxygen atoms in total. The molecular formula is C14H15N3O2. The Morgan fingerprint density at radius 1 is 1.37 bits per heavy atom. The van der Waals surface area contributed by atoms with Crippen molar-refractivity contribution in [3.05, 3.63) is 30.0 Å². The van der Waals surface area contributed by atoms with Crippen LogP contribution >= 0.6 is 0 Å². The van der Waals surface area contributed by atoms with Gasteiger partial charge in [-0.25, -0.2) is 14.8 Å². The topological polar surface area (TPSA) is 66.3 Å². The van der Waals surface area contributed by atoms with Gasteiger partial charge in [-0.15, -0.1) is 0 Å². The van der Waals surface area contributed by atoms with Gasteiger partial charge in [0.25, 0.3) is 0 Å². The number of hydrogen-bond donors (Lipinski definition) is 1. The van der Waals surface area contributed by atoms with Crippen LogP contribution in [-0.2, 0) is 4.79 Å². The van der Waals surface area contributed by atoms with Gasteiger partial charge in [0.05, 0.1) is 11.2 Å². The highest BCUT2D eigenvalue weighted by molar-refractivity contribution is 5.83. The molecule has 3 rings (SSSR count). The maximum Gasteiger partial charge on any atom is 0.326 e. The largest absolute Gasteiger partial charge is 0.480 e. The predicted molar refractivity (Wildman–Crippen MR) is 72.3 cm³/mol. The molecule has 1 saturated heterocycles. The van der Waals surface area contributed by atoms with Crippen LogP contribution in [0.15, 0.2) is 24.3 Å². The summed E-state index contributed by atoms with van der Waals surface area (Å²) in [6.07, 6.45) is 1.52. The fourth-order valence-corrected chi connectivity index (χ4v) is 2.61. The Balaban J connectivity index is 2.08. The molecule has 2 aromatic rings. The molecule has 0 amide bonds. The Hall–Kier alpha value is -2.17. The third kappa shape index (κ3) is 2.01. The number of nitrogens with zero attached hydrogens (tertiary/aromatic N) is 3. The number of carbonyl (C=O) groups is 1. The lowest BCUT2D eigenvalue weighted by atomic mass is 10.2. The molecule has 0 saturated carbocycles. The number of carboxylic acid groups (broad SMARTS) is 1. The summed E-state index contributed by atoms with van der Waals surface area (Å²) in [7, 11) is 0. The van der Waals surface area contributed by atoms with Crippen LogP contribution in [0, 0.1) is 6.92 Å². The van der Waals surface area contributed by atoms with Crippen molar-refractivity contribution in [3.63, 3.8) is 0 Å². The van der Waals surface area contributed by atoms with Crippen LogP contribution in [-0.4, -0.2) is 33.6 Å². The maximum absolute atomic E-state index is 11.2. The van der Waals surface area contributed by atoms with E-state index in [9.17, 15) is 9.90 Å². The van der Waals surface area contributed by atoms with E-state index in [0.29, 0.717) is 18.9 Å². The van der Waals surface area contributed by atoms with Crippen molar-refractivity contribution in [2.45, 2.75) is 25.8 Å². The third-order valence-electron chi connectivity index (χ3n) is 3.58. The summed E-state index contributed by atoms with van der Waals surface area (Å²) >= 11 is 0. The molecular weight excluding hydrogens is 242 g/mol. The van der Waals surface area contributed by atoms with Crippen LogP contribution in [0.2, 0.25) is 0 Å². The molecule has 19 heavy (non-hydrogen) atoms. The van der Waals surface area contributed by atoms with Crippen LogP contribution in [0.3, 0.4) is 0 Å². The number of aryl methyl sites for hydroxylation is 1. The van der Waals surface area contributed by atoms with Gasteiger partial charge >= 0.3 is 5.97 Å². The summed E-state index contributed by atoms with van der Waals surface area (Å²) in [5.41, 5.74) is 1.75. The van der Waals surface area contributed by atoms with E-state index in [1.54, 1.807) is 4.90 Å². The van der Waals surface area contributed by atoms with Crippen molar-refractivity contribution in [1.29, 1.82) is 0 Å². The molecule has 1 N–H and O–H groups in total. The number of para-hydroxylation sites is 1. The molecule has 1 aliphatic rings. The minimum absolute atomic E-state index is 0.499. The third-order valence-corrected chi connectivity index (χ3v) is 3.58. The van der Waals surface area contributed by atoms with Crippen molar-refractivity contribution in [3.8, 4) is 0 Å². The first-order chi connectivity index (χ1) is 9.16. The quantitative estimate of drug-likeness (QED) is 0.891. The van der Waals surface area contributed by atoms with Gasteiger partial charge in [0.1, 0.15) is 6.04 Å². The van der Waals surface area contributed by atoms with Gasteiger partial charge in [-0.2, -0.15) is 0 Å². The number of benzene rings is 1. The summed E-state index contributed by atoms with van der Waals surface area (Å²) in [5, 5.41) is 10.2. The van der Waals surface area contributed by atoms with Gasteiger partial charge in [0.15, 0.2) is 0 Å². The zero-order valence-electron chi connectivity index (χ0n) is 10.7. The molecule has 1 aromatic heterocycles. The minimum atomic E-state index is -0.799. The zero-order chi connectivity index (χ0) is 13.4. The van der Waals surface area contributed by atoms with Crippen LogP contribution in [0.4, 0.5) is 5.95 Å². The molecule has 1 fully saturated rings. The Bertz CT molecular complexity index is 642. The van der Waals surface area contributed by atoms with Gasteiger partial charge in [0, 0.05) is 11.9 Å². The number of anilines is 1. The average molecular weight is 257 g/mol. The average Bonchev–Trinajstić information content (AvgIpc) is 2.88. The van der Waals surface area contributed by atoms with E-state index in [1.165, 1.54) is 0 Å². The van der Waals surface area contributed by atoms with E-state index in [0.717, 1.165) is 23.0 Å². The number of aromatic nitrogens is 2. The van der Waals surface area contributed by atoms with E-state index in [2.05, 4.69) is 9.97 Å². The summed E-state index contributed by atoms with van der Waals surface area (Å²) in [4.78, 5) is 22.0. The molecule has 98 valence electrons. The molecule has 0 radical (unpaired) electrons. The van der Waals surface area contributed by atoms with E-state index >= 15 is 0 Å².